The van der Waals surface area contributed by atoms with E-state index in [0.717, 1.165) is 10.4 Å². The number of carbonyl (C=O) groups is 1. The van der Waals surface area contributed by atoms with E-state index in [1.807, 2.05) is 17.5 Å². The molecule has 1 atom stereocenters. The zero-order valence-corrected chi connectivity index (χ0v) is 10.1. The molecule has 1 aromatic carbocycles. The number of esters is 1. The van der Waals surface area contributed by atoms with Crippen molar-refractivity contribution in [2.24, 2.45) is 0 Å². The van der Waals surface area contributed by atoms with Gasteiger partial charge in [-0.05, 0) is 29.1 Å². The van der Waals surface area contributed by atoms with Crippen LogP contribution in [0.15, 0.2) is 41.8 Å². The molecule has 1 N–H and O–H groups in total. The molecule has 0 spiro atoms. The Labute approximate surface area is 103 Å². The van der Waals surface area contributed by atoms with Crippen LogP contribution in [0.2, 0.25) is 0 Å². The summed E-state index contributed by atoms with van der Waals surface area (Å²) >= 11 is 1.51. The Hall–Kier alpha value is -1.81. The Morgan fingerprint density at radius 2 is 2.00 bits per heavy atom. The third kappa shape index (κ3) is 2.47. The summed E-state index contributed by atoms with van der Waals surface area (Å²) in [5.41, 5.74) is 0.817. The lowest BCUT2D eigenvalue weighted by Gasteiger charge is -2.13. The maximum atomic E-state index is 11.8. The summed E-state index contributed by atoms with van der Waals surface area (Å²) in [5.74, 6) is -0.526. The predicted molar refractivity (Wildman–Crippen MR) is 66.3 cm³/mol. The summed E-state index contributed by atoms with van der Waals surface area (Å²) in [5, 5.41) is 11.2. The van der Waals surface area contributed by atoms with E-state index in [-0.39, 0.29) is 11.7 Å². The van der Waals surface area contributed by atoms with Crippen molar-refractivity contribution >= 4 is 17.3 Å². The molecule has 0 aliphatic carbocycles. The average molecular weight is 248 g/mol. The van der Waals surface area contributed by atoms with E-state index in [4.69, 9.17) is 4.74 Å². The van der Waals surface area contributed by atoms with E-state index in [0.29, 0.717) is 0 Å². The van der Waals surface area contributed by atoms with Crippen molar-refractivity contribution in [1.82, 2.24) is 0 Å². The Kier molecular flexibility index (Phi) is 3.44. The molecule has 0 amide bonds. The largest absolute Gasteiger partial charge is 0.508 e. The Bertz CT molecular complexity index is 488. The number of methoxy groups -OCH3 is 1. The number of hydrogen-bond acceptors (Lipinski definition) is 4. The third-order valence-corrected chi connectivity index (χ3v) is 3.43. The number of benzene rings is 1. The fourth-order valence-electron chi connectivity index (χ4n) is 1.66. The number of phenolic OH excluding ortho intramolecular Hbond substituents is 1. The number of phenols is 1. The van der Waals surface area contributed by atoms with Crippen molar-refractivity contribution in [1.29, 1.82) is 0 Å². The fraction of sp³-hybridized carbons (Fsp3) is 0.154. The highest BCUT2D eigenvalue weighted by Gasteiger charge is 2.24. The summed E-state index contributed by atoms with van der Waals surface area (Å²) in [6, 6.07) is 10.4. The van der Waals surface area contributed by atoms with Crippen LogP contribution < -0.4 is 0 Å². The van der Waals surface area contributed by atoms with Gasteiger partial charge in [-0.15, -0.1) is 11.3 Å². The maximum Gasteiger partial charge on any atom is 0.318 e. The van der Waals surface area contributed by atoms with Crippen LogP contribution >= 0.6 is 11.3 Å². The molecule has 0 fully saturated rings. The van der Waals surface area contributed by atoms with Crippen LogP contribution in [0.1, 0.15) is 16.4 Å². The summed E-state index contributed by atoms with van der Waals surface area (Å²) < 4.78 is 4.83. The van der Waals surface area contributed by atoms with Gasteiger partial charge in [-0.25, -0.2) is 0 Å². The highest BCUT2D eigenvalue weighted by Crippen LogP contribution is 2.30. The number of ether oxygens (including phenoxy) is 1. The van der Waals surface area contributed by atoms with Crippen molar-refractivity contribution < 1.29 is 14.6 Å². The van der Waals surface area contributed by atoms with E-state index in [9.17, 15) is 9.90 Å². The first-order chi connectivity index (χ1) is 8.22. The van der Waals surface area contributed by atoms with Crippen LogP contribution in [-0.2, 0) is 9.53 Å². The summed E-state index contributed by atoms with van der Waals surface area (Å²) in [6.07, 6.45) is 0. The molecule has 2 rings (SSSR count). The minimum atomic E-state index is -0.416. The molecule has 2 aromatic rings. The highest BCUT2D eigenvalue weighted by molar-refractivity contribution is 7.10. The number of hydrogen-bond donors (Lipinski definition) is 1. The van der Waals surface area contributed by atoms with Crippen LogP contribution in [0, 0.1) is 0 Å². The third-order valence-electron chi connectivity index (χ3n) is 2.49. The lowest BCUT2D eigenvalue weighted by atomic mass is 9.97. The zero-order valence-electron chi connectivity index (χ0n) is 9.29. The van der Waals surface area contributed by atoms with Crippen LogP contribution in [0.25, 0.3) is 0 Å². The molecular formula is C13H12O3S. The first kappa shape index (κ1) is 11.7. The first-order valence-corrected chi connectivity index (χ1v) is 6.00. The van der Waals surface area contributed by atoms with Gasteiger partial charge in [0.2, 0.25) is 0 Å². The molecule has 0 bridgehead atoms. The van der Waals surface area contributed by atoms with Crippen molar-refractivity contribution in [3.63, 3.8) is 0 Å². The smallest absolute Gasteiger partial charge is 0.318 e. The van der Waals surface area contributed by atoms with Gasteiger partial charge in [0.25, 0.3) is 0 Å². The van der Waals surface area contributed by atoms with Gasteiger partial charge in [-0.3, -0.25) is 4.79 Å². The summed E-state index contributed by atoms with van der Waals surface area (Å²) in [7, 11) is 1.38. The average Bonchev–Trinajstić information content (AvgIpc) is 2.85. The minimum Gasteiger partial charge on any atom is -0.508 e. The predicted octanol–water partition coefficient (Wildman–Crippen LogP) is 2.76. The normalized spacial score (nSPS) is 12.1. The lowest BCUT2D eigenvalue weighted by molar-refractivity contribution is -0.141. The topological polar surface area (TPSA) is 46.5 Å². The Balaban J connectivity index is 2.40. The molecule has 88 valence electrons. The minimum absolute atomic E-state index is 0.184. The molecule has 0 saturated heterocycles. The molecule has 1 heterocycles. The monoisotopic (exact) mass is 248 g/mol. The van der Waals surface area contributed by atoms with Crippen LogP contribution in [0.3, 0.4) is 0 Å². The quantitative estimate of drug-likeness (QED) is 0.849. The summed E-state index contributed by atoms with van der Waals surface area (Å²) in [6.45, 7) is 0. The second kappa shape index (κ2) is 5.01. The fourth-order valence-corrected chi connectivity index (χ4v) is 2.50. The van der Waals surface area contributed by atoms with E-state index in [1.54, 1.807) is 24.3 Å². The SMILES string of the molecule is COC(=O)C(c1ccc(O)cc1)c1cccs1. The lowest BCUT2D eigenvalue weighted by Crippen LogP contribution is -2.14. The van der Waals surface area contributed by atoms with Crippen LogP contribution in [0.4, 0.5) is 0 Å². The molecular weight excluding hydrogens is 236 g/mol. The Morgan fingerprint density at radius 1 is 1.29 bits per heavy atom. The van der Waals surface area contributed by atoms with E-state index in [1.165, 1.54) is 18.4 Å². The van der Waals surface area contributed by atoms with Gasteiger partial charge < -0.3 is 9.84 Å². The molecule has 0 aliphatic rings. The first-order valence-electron chi connectivity index (χ1n) is 5.12. The number of rotatable bonds is 3. The molecule has 0 aliphatic heterocycles. The van der Waals surface area contributed by atoms with Crippen LogP contribution in [0.5, 0.6) is 5.75 Å². The molecule has 1 unspecified atom stereocenters. The zero-order chi connectivity index (χ0) is 12.3. The van der Waals surface area contributed by atoms with Crippen molar-refractivity contribution in [3.05, 3.63) is 52.2 Å². The molecule has 1 aromatic heterocycles. The molecule has 0 saturated carbocycles. The number of thiophene rings is 1. The van der Waals surface area contributed by atoms with Crippen LogP contribution in [-0.4, -0.2) is 18.2 Å². The van der Waals surface area contributed by atoms with E-state index < -0.39 is 5.92 Å². The van der Waals surface area contributed by atoms with E-state index >= 15 is 0 Å². The summed E-state index contributed by atoms with van der Waals surface area (Å²) in [4.78, 5) is 12.8. The van der Waals surface area contributed by atoms with Crippen molar-refractivity contribution in [2.75, 3.05) is 7.11 Å². The highest BCUT2D eigenvalue weighted by atomic mass is 32.1. The molecule has 0 radical (unpaired) electrons. The van der Waals surface area contributed by atoms with Gasteiger partial charge in [0.1, 0.15) is 11.7 Å². The maximum absolute atomic E-state index is 11.8. The Morgan fingerprint density at radius 3 is 2.53 bits per heavy atom. The standard InChI is InChI=1S/C13H12O3S/c1-16-13(15)12(11-3-2-8-17-11)9-4-6-10(14)7-5-9/h2-8,12,14H,1H3. The van der Waals surface area contributed by atoms with Gasteiger partial charge in [0, 0.05) is 4.88 Å². The second-order valence-corrected chi connectivity index (χ2v) is 4.54. The van der Waals surface area contributed by atoms with Gasteiger partial charge in [0.15, 0.2) is 0 Å². The van der Waals surface area contributed by atoms with Gasteiger partial charge >= 0.3 is 5.97 Å². The van der Waals surface area contributed by atoms with Gasteiger partial charge in [-0.2, -0.15) is 0 Å². The second-order valence-electron chi connectivity index (χ2n) is 3.56. The number of aromatic hydroxyl groups is 1. The van der Waals surface area contributed by atoms with Crippen molar-refractivity contribution in [2.45, 2.75) is 5.92 Å². The van der Waals surface area contributed by atoms with Gasteiger partial charge in [0.05, 0.1) is 7.11 Å². The molecule has 4 heteroatoms. The van der Waals surface area contributed by atoms with Crippen molar-refractivity contribution in [3.8, 4) is 5.75 Å². The van der Waals surface area contributed by atoms with E-state index in [2.05, 4.69) is 0 Å². The molecule has 17 heavy (non-hydrogen) atoms. The molecule has 3 nitrogen and oxygen atoms in total. The van der Waals surface area contributed by atoms with Gasteiger partial charge in [-0.1, -0.05) is 18.2 Å². The number of carbonyl (C=O) groups excluding carboxylic acids is 1.